The molecule has 190 valence electrons. The predicted octanol–water partition coefficient (Wildman–Crippen LogP) is 6.57. The van der Waals surface area contributed by atoms with Crippen molar-refractivity contribution in [1.82, 2.24) is 14.1 Å². The zero-order valence-corrected chi connectivity index (χ0v) is 23.2. The number of phenols is 1. The number of hydrogen-bond donors (Lipinski definition) is 1. The number of hydrogen-bond acceptors (Lipinski definition) is 7. The second-order valence-electron chi connectivity index (χ2n) is 7.51. The molecule has 0 saturated carbocycles. The monoisotopic (exact) mass is 613 g/mol. The number of carbonyl (C=O) groups is 2. The minimum Gasteiger partial charge on any atom is -0.506 e. The molecule has 36 heavy (non-hydrogen) atoms. The lowest BCUT2D eigenvalue weighted by atomic mass is 10.0. The number of nitrogens with zero attached hydrogens (tertiary/aromatic N) is 3. The number of thioether (sulfide) groups is 1. The van der Waals surface area contributed by atoms with Crippen molar-refractivity contribution in [1.29, 1.82) is 0 Å². The molecule has 0 radical (unpaired) electrons. The van der Waals surface area contributed by atoms with E-state index in [-0.39, 0.29) is 36.9 Å². The maximum absolute atomic E-state index is 13.3. The number of aryl methyl sites for hydroxylation is 1. The van der Waals surface area contributed by atoms with Crippen molar-refractivity contribution in [3.63, 3.8) is 0 Å². The molecule has 0 bridgehead atoms. The Balaban J connectivity index is 0.00000361. The van der Waals surface area contributed by atoms with Gasteiger partial charge in [0.15, 0.2) is 0 Å². The van der Waals surface area contributed by atoms with E-state index >= 15 is 0 Å². The van der Waals surface area contributed by atoms with Crippen molar-refractivity contribution in [2.24, 2.45) is 7.05 Å². The van der Waals surface area contributed by atoms with Gasteiger partial charge < -0.3 is 23.7 Å². The molecule has 1 N–H and O–H groups in total. The summed E-state index contributed by atoms with van der Waals surface area (Å²) in [5.74, 6) is -0.476. The van der Waals surface area contributed by atoms with Gasteiger partial charge in [-0.1, -0.05) is 11.6 Å². The molecule has 0 saturated heterocycles. The first-order valence-electron chi connectivity index (χ1n) is 10.5. The van der Waals surface area contributed by atoms with Crippen LogP contribution in [-0.4, -0.2) is 38.0 Å². The molecule has 12 heteroatoms. The van der Waals surface area contributed by atoms with E-state index in [1.54, 1.807) is 48.4 Å². The molecule has 8 nitrogen and oxygen atoms in total. The maximum Gasteiger partial charge on any atom is 0.516 e. The van der Waals surface area contributed by atoms with E-state index in [9.17, 15) is 14.7 Å². The third-order valence-corrected chi connectivity index (χ3v) is 7.25. The van der Waals surface area contributed by atoms with Crippen LogP contribution >= 0.6 is 51.7 Å². The van der Waals surface area contributed by atoms with E-state index in [1.165, 1.54) is 11.8 Å². The first kappa shape index (κ1) is 27.9. The Morgan fingerprint density at radius 1 is 1.25 bits per heavy atom. The summed E-state index contributed by atoms with van der Waals surface area (Å²) in [6.45, 7) is 1.94. The summed E-state index contributed by atoms with van der Waals surface area (Å²) in [5.41, 5.74) is 1.99. The fraction of sp³-hybridized carbons (Fsp3) is 0.208. The van der Waals surface area contributed by atoms with Gasteiger partial charge in [0.2, 0.25) is 0 Å². The van der Waals surface area contributed by atoms with Gasteiger partial charge in [-0.05, 0) is 53.2 Å². The quantitative estimate of drug-likeness (QED) is 0.143. The first-order chi connectivity index (χ1) is 16.8. The van der Waals surface area contributed by atoms with E-state index in [0.29, 0.717) is 37.4 Å². The molecule has 0 amide bonds. The van der Waals surface area contributed by atoms with Gasteiger partial charge in [-0.2, -0.15) is 0 Å². The molecule has 0 aliphatic rings. The largest absolute Gasteiger partial charge is 0.516 e. The highest BCUT2D eigenvalue weighted by molar-refractivity contribution is 9.10. The van der Waals surface area contributed by atoms with E-state index in [2.05, 4.69) is 20.9 Å². The Morgan fingerprint density at radius 2 is 1.97 bits per heavy atom. The van der Waals surface area contributed by atoms with Gasteiger partial charge in [0.25, 0.3) is 0 Å². The lowest BCUT2D eigenvalue weighted by Gasteiger charge is -2.11. The van der Waals surface area contributed by atoms with Crippen LogP contribution in [0.15, 0.2) is 58.4 Å². The van der Waals surface area contributed by atoms with Crippen molar-refractivity contribution < 1.29 is 24.2 Å². The van der Waals surface area contributed by atoms with E-state index in [0.717, 1.165) is 4.90 Å². The van der Waals surface area contributed by atoms with Gasteiger partial charge in [-0.15, -0.1) is 24.2 Å². The minimum atomic E-state index is -1.08. The Bertz CT molecular complexity index is 1390. The van der Waals surface area contributed by atoms with Crippen molar-refractivity contribution in [2.45, 2.75) is 24.1 Å². The number of phenolic OH excluding ortho intramolecular Hbond substituents is 1. The molecule has 0 unspecified atom stereocenters. The molecule has 2 aromatic carbocycles. The van der Waals surface area contributed by atoms with Crippen molar-refractivity contribution in [3.8, 4) is 5.75 Å². The summed E-state index contributed by atoms with van der Waals surface area (Å²) in [7, 11) is 1.83. The van der Waals surface area contributed by atoms with Gasteiger partial charge in [0.05, 0.1) is 35.0 Å². The minimum absolute atomic E-state index is 0. The second kappa shape index (κ2) is 12.1. The van der Waals surface area contributed by atoms with E-state index in [1.807, 2.05) is 23.7 Å². The number of ether oxygens (including phenoxy) is 2. The molecule has 2 heterocycles. The number of halogens is 3. The fourth-order valence-corrected chi connectivity index (χ4v) is 5.29. The van der Waals surface area contributed by atoms with Crippen LogP contribution in [0.2, 0.25) is 5.02 Å². The highest BCUT2D eigenvalue weighted by Gasteiger charge is 2.29. The Kier molecular flexibility index (Phi) is 9.35. The smallest absolute Gasteiger partial charge is 0.506 e. The molecule has 0 spiro atoms. The van der Waals surface area contributed by atoms with Crippen LogP contribution in [0, 0.1) is 0 Å². The number of esters is 1. The van der Waals surface area contributed by atoms with Crippen LogP contribution in [0.4, 0.5) is 4.79 Å². The number of benzene rings is 2. The standard InChI is InChI=1S/C24H21BrClN3O5S.ClH/c1-3-33-24(32)34-23(31)21-19(12-35-15-6-4-14(26)5-7-15)28(2)18-10-17(25)22(30)16(20(18)21)11-29-9-8-27-13-29;/h4-10,13,30H,3,11-12H2,1-2H3;1H. The van der Waals surface area contributed by atoms with E-state index in [4.69, 9.17) is 21.1 Å². The average molecular weight is 615 g/mol. The lowest BCUT2D eigenvalue weighted by Crippen LogP contribution is -2.16. The highest BCUT2D eigenvalue weighted by Crippen LogP contribution is 2.41. The second-order valence-corrected chi connectivity index (χ2v) is 9.85. The van der Waals surface area contributed by atoms with Crippen LogP contribution in [0.25, 0.3) is 10.9 Å². The number of rotatable bonds is 7. The Hall–Kier alpha value is -2.66. The summed E-state index contributed by atoms with van der Waals surface area (Å²) in [4.78, 5) is 30.3. The maximum atomic E-state index is 13.3. The number of imidazole rings is 1. The number of aromatic hydroxyl groups is 1. The van der Waals surface area contributed by atoms with Gasteiger partial charge >= 0.3 is 12.1 Å². The molecule has 0 atom stereocenters. The number of aromatic nitrogens is 3. The van der Waals surface area contributed by atoms with Crippen LogP contribution in [0.5, 0.6) is 5.75 Å². The van der Waals surface area contributed by atoms with Crippen LogP contribution in [-0.2, 0) is 28.8 Å². The molecule has 4 rings (SSSR count). The Morgan fingerprint density at radius 3 is 2.61 bits per heavy atom. The van der Waals surface area contributed by atoms with Crippen LogP contribution in [0.1, 0.15) is 28.5 Å². The topological polar surface area (TPSA) is 95.6 Å². The molecular formula is C24H22BrCl2N3O5S. The molecule has 0 aliphatic carbocycles. The van der Waals surface area contributed by atoms with Crippen molar-refractivity contribution in [2.75, 3.05) is 6.61 Å². The summed E-state index contributed by atoms with van der Waals surface area (Å²) in [5, 5.41) is 12.1. The predicted molar refractivity (Wildman–Crippen MR) is 144 cm³/mol. The summed E-state index contributed by atoms with van der Waals surface area (Å²) < 4.78 is 13.9. The van der Waals surface area contributed by atoms with E-state index < -0.39 is 12.1 Å². The van der Waals surface area contributed by atoms with Gasteiger partial charge in [-0.25, -0.2) is 14.6 Å². The molecule has 0 fully saturated rings. The fourth-order valence-electron chi connectivity index (χ4n) is 3.74. The zero-order valence-electron chi connectivity index (χ0n) is 19.2. The van der Waals surface area contributed by atoms with Crippen LogP contribution in [0.3, 0.4) is 0 Å². The highest BCUT2D eigenvalue weighted by atomic mass is 79.9. The SMILES string of the molecule is CCOC(=O)OC(=O)c1c(CSc2ccc(Cl)cc2)n(C)c2cc(Br)c(O)c(Cn3ccnc3)c12.Cl. The summed E-state index contributed by atoms with van der Waals surface area (Å²) in [6, 6.07) is 9.09. The Labute approximate surface area is 231 Å². The first-order valence-corrected chi connectivity index (χ1v) is 12.7. The van der Waals surface area contributed by atoms with Gasteiger partial charge in [0, 0.05) is 51.8 Å². The third kappa shape index (κ3) is 5.83. The van der Waals surface area contributed by atoms with Crippen molar-refractivity contribution >= 4 is 74.7 Å². The average Bonchev–Trinajstić information content (AvgIpc) is 3.43. The molecular weight excluding hydrogens is 593 g/mol. The third-order valence-electron chi connectivity index (χ3n) is 5.37. The summed E-state index contributed by atoms with van der Waals surface area (Å²) in [6.07, 6.45) is 3.91. The van der Waals surface area contributed by atoms with Gasteiger partial charge in [-0.3, -0.25) is 0 Å². The number of carbonyl (C=O) groups excluding carboxylic acids is 2. The lowest BCUT2D eigenvalue weighted by molar-refractivity contribution is 0.0402. The molecule has 2 aromatic heterocycles. The molecule has 0 aliphatic heterocycles. The number of fused-ring (bicyclic) bond motifs is 1. The summed E-state index contributed by atoms with van der Waals surface area (Å²) >= 11 is 10.9. The zero-order chi connectivity index (χ0) is 25.1. The van der Waals surface area contributed by atoms with Crippen molar-refractivity contribution in [3.05, 3.63) is 75.4 Å². The molecule has 4 aromatic rings. The normalized spacial score (nSPS) is 10.8. The van der Waals surface area contributed by atoms with Crippen LogP contribution < -0.4 is 0 Å². The van der Waals surface area contributed by atoms with Gasteiger partial charge in [0.1, 0.15) is 5.75 Å².